The molecule has 1 aromatic carbocycles. The van der Waals surface area contributed by atoms with Gasteiger partial charge in [0.05, 0.1) is 17.7 Å². The predicted molar refractivity (Wildman–Crippen MR) is 56.4 cm³/mol. The van der Waals surface area contributed by atoms with Gasteiger partial charge in [0.25, 0.3) is 0 Å². The van der Waals surface area contributed by atoms with Gasteiger partial charge in [0, 0.05) is 6.54 Å². The molecule has 0 aromatic heterocycles. The fourth-order valence-electron chi connectivity index (χ4n) is 1.11. The molecular weight excluding hydrogens is 250 g/mol. The molecule has 1 aromatic rings. The van der Waals surface area contributed by atoms with Crippen LogP contribution in [-0.2, 0) is 0 Å². The number of phenolic OH excluding ortho intramolecular Hbond substituents is 1. The van der Waals surface area contributed by atoms with Gasteiger partial charge in [0.2, 0.25) is 0 Å². The highest BCUT2D eigenvalue weighted by Gasteiger charge is 2.15. The quantitative estimate of drug-likeness (QED) is 0.763. The molecule has 4 N–H and O–H groups in total. The van der Waals surface area contributed by atoms with E-state index in [1.165, 1.54) is 7.11 Å². The zero-order valence-corrected chi connectivity index (χ0v) is 9.28. The first-order valence-corrected chi connectivity index (χ1v) is 4.84. The zero-order valence-electron chi connectivity index (χ0n) is 7.70. The van der Waals surface area contributed by atoms with Gasteiger partial charge < -0.3 is 20.7 Å². The Balaban J connectivity index is 3.17. The van der Waals surface area contributed by atoms with E-state index < -0.39 is 6.10 Å². The number of hydrogen-bond donors (Lipinski definition) is 3. The smallest absolute Gasteiger partial charge is 0.172 e. The molecule has 5 heteroatoms. The van der Waals surface area contributed by atoms with Gasteiger partial charge >= 0.3 is 0 Å². The number of aliphatic hydroxyl groups excluding tert-OH is 1. The van der Waals surface area contributed by atoms with Crippen LogP contribution < -0.4 is 10.5 Å². The molecule has 0 aliphatic carbocycles. The van der Waals surface area contributed by atoms with Gasteiger partial charge in [0.15, 0.2) is 11.5 Å². The Bertz CT molecular complexity index is 330. The largest absolute Gasteiger partial charge is 0.503 e. The number of aromatic hydroxyl groups is 1. The average Bonchev–Trinajstić information content (AvgIpc) is 2.21. The van der Waals surface area contributed by atoms with Crippen molar-refractivity contribution in [2.24, 2.45) is 5.73 Å². The number of methoxy groups -OCH3 is 1. The topological polar surface area (TPSA) is 75.7 Å². The fraction of sp³-hybridized carbons (Fsp3) is 0.333. The molecule has 0 aliphatic rings. The molecule has 14 heavy (non-hydrogen) atoms. The number of aliphatic hydroxyl groups is 1. The first kappa shape index (κ1) is 11.3. The van der Waals surface area contributed by atoms with Crippen LogP contribution in [0.1, 0.15) is 11.7 Å². The SMILES string of the molecule is COc1ccc([C@H](O)CN)c(Br)c1O. The summed E-state index contributed by atoms with van der Waals surface area (Å²) in [5, 5.41) is 19.1. The summed E-state index contributed by atoms with van der Waals surface area (Å²) < 4.78 is 5.31. The van der Waals surface area contributed by atoms with E-state index in [0.29, 0.717) is 15.8 Å². The summed E-state index contributed by atoms with van der Waals surface area (Å²) in [4.78, 5) is 0. The summed E-state index contributed by atoms with van der Waals surface area (Å²) in [7, 11) is 1.46. The molecule has 1 rings (SSSR count). The molecule has 0 radical (unpaired) electrons. The van der Waals surface area contributed by atoms with Crippen molar-refractivity contribution in [2.75, 3.05) is 13.7 Å². The number of hydrogen-bond acceptors (Lipinski definition) is 4. The van der Waals surface area contributed by atoms with Gasteiger partial charge in [-0.25, -0.2) is 0 Å². The second-order valence-electron chi connectivity index (χ2n) is 2.77. The molecule has 0 spiro atoms. The molecule has 0 amide bonds. The van der Waals surface area contributed by atoms with Crippen LogP contribution in [0.2, 0.25) is 0 Å². The lowest BCUT2D eigenvalue weighted by molar-refractivity contribution is 0.185. The molecule has 1 atom stereocenters. The minimum absolute atomic E-state index is 0.0301. The van der Waals surface area contributed by atoms with E-state index in [2.05, 4.69) is 15.9 Å². The lowest BCUT2D eigenvalue weighted by Crippen LogP contribution is -2.12. The minimum atomic E-state index is -0.791. The molecule has 0 fully saturated rings. The Morgan fingerprint density at radius 2 is 2.21 bits per heavy atom. The van der Waals surface area contributed by atoms with Crippen LogP contribution in [0, 0.1) is 0 Å². The average molecular weight is 262 g/mol. The van der Waals surface area contributed by atoms with Crippen LogP contribution in [0.15, 0.2) is 16.6 Å². The lowest BCUT2D eigenvalue weighted by atomic mass is 10.1. The standard InChI is InChI=1S/C9H12BrNO3/c1-14-7-3-2-5(6(12)4-11)8(10)9(7)13/h2-3,6,12-13H,4,11H2,1H3/t6-/m1/s1. The maximum Gasteiger partial charge on any atom is 0.172 e. The third kappa shape index (κ3) is 2.00. The molecule has 0 unspecified atom stereocenters. The Labute approximate surface area is 90.4 Å². The van der Waals surface area contributed by atoms with Gasteiger partial charge in [-0.1, -0.05) is 6.07 Å². The number of nitrogens with two attached hydrogens (primary N) is 1. The second kappa shape index (κ2) is 4.63. The summed E-state index contributed by atoms with van der Waals surface area (Å²) in [6.45, 7) is 0.102. The Morgan fingerprint density at radius 3 is 2.71 bits per heavy atom. The molecule has 4 nitrogen and oxygen atoms in total. The third-order valence-electron chi connectivity index (χ3n) is 1.91. The van der Waals surface area contributed by atoms with E-state index in [9.17, 15) is 10.2 Å². The van der Waals surface area contributed by atoms with Gasteiger partial charge in [-0.3, -0.25) is 0 Å². The van der Waals surface area contributed by atoms with E-state index >= 15 is 0 Å². The Kier molecular flexibility index (Phi) is 3.74. The van der Waals surface area contributed by atoms with Gasteiger partial charge in [-0.2, -0.15) is 0 Å². The van der Waals surface area contributed by atoms with Crippen LogP contribution >= 0.6 is 15.9 Å². The lowest BCUT2D eigenvalue weighted by Gasteiger charge is -2.13. The number of rotatable bonds is 3. The molecular formula is C9H12BrNO3. The van der Waals surface area contributed by atoms with Crippen LogP contribution in [0.25, 0.3) is 0 Å². The highest BCUT2D eigenvalue weighted by molar-refractivity contribution is 9.10. The van der Waals surface area contributed by atoms with Gasteiger partial charge in [0.1, 0.15) is 0 Å². The van der Waals surface area contributed by atoms with E-state index in [1.807, 2.05) is 0 Å². The van der Waals surface area contributed by atoms with E-state index in [1.54, 1.807) is 12.1 Å². The van der Waals surface area contributed by atoms with Crippen molar-refractivity contribution in [1.82, 2.24) is 0 Å². The molecule has 0 saturated heterocycles. The fourth-order valence-corrected chi connectivity index (χ4v) is 1.70. The van der Waals surface area contributed by atoms with Crippen molar-refractivity contribution in [3.05, 3.63) is 22.2 Å². The van der Waals surface area contributed by atoms with Crippen LogP contribution in [-0.4, -0.2) is 23.9 Å². The summed E-state index contributed by atoms with van der Waals surface area (Å²) in [6, 6.07) is 3.23. The second-order valence-corrected chi connectivity index (χ2v) is 3.56. The predicted octanol–water partition coefficient (Wildman–Crippen LogP) is 1.16. The summed E-state index contributed by atoms with van der Waals surface area (Å²) in [5.74, 6) is 0.322. The Morgan fingerprint density at radius 1 is 1.57 bits per heavy atom. The van der Waals surface area contributed by atoms with Crippen molar-refractivity contribution < 1.29 is 14.9 Å². The first-order valence-electron chi connectivity index (χ1n) is 4.05. The molecule has 0 bridgehead atoms. The monoisotopic (exact) mass is 261 g/mol. The van der Waals surface area contributed by atoms with Gasteiger partial charge in [-0.05, 0) is 27.6 Å². The summed E-state index contributed by atoms with van der Waals surface area (Å²) in [5.41, 5.74) is 5.86. The van der Waals surface area contributed by atoms with Crippen molar-refractivity contribution in [1.29, 1.82) is 0 Å². The molecule has 0 heterocycles. The van der Waals surface area contributed by atoms with Crippen LogP contribution in [0.4, 0.5) is 0 Å². The normalized spacial score (nSPS) is 12.6. The van der Waals surface area contributed by atoms with E-state index in [-0.39, 0.29) is 12.3 Å². The zero-order chi connectivity index (χ0) is 10.7. The van der Waals surface area contributed by atoms with Crippen molar-refractivity contribution in [3.63, 3.8) is 0 Å². The number of benzene rings is 1. The highest BCUT2D eigenvalue weighted by atomic mass is 79.9. The third-order valence-corrected chi connectivity index (χ3v) is 2.74. The summed E-state index contributed by atoms with van der Waals surface area (Å²) >= 11 is 3.17. The van der Waals surface area contributed by atoms with Crippen molar-refractivity contribution in [2.45, 2.75) is 6.10 Å². The number of halogens is 1. The molecule has 78 valence electrons. The van der Waals surface area contributed by atoms with Crippen LogP contribution in [0.5, 0.6) is 11.5 Å². The first-order chi connectivity index (χ1) is 6.61. The van der Waals surface area contributed by atoms with E-state index in [4.69, 9.17) is 10.5 Å². The van der Waals surface area contributed by atoms with Crippen molar-refractivity contribution in [3.8, 4) is 11.5 Å². The number of phenols is 1. The maximum atomic E-state index is 9.60. The summed E-state index contributed by atoms with van der Waals surface area (Å²) in [6.07, 6.45) is -0.791. The maximum absolute atomic E-state index is 9.60. The highest BCUT2D eigenvalue weighted by Crippen LogP contribution is 2.38. The molecule has 0 saturated carbocycles. The van der Waals surface area contributed by atoms with Crippen LogP contribution in [0.3, 0.4) is 0 Å². The van der Waals surface area contributed by atoms with Crippen molar-refractivity contribution >= 4 is 15.9 Å². The Hall–Kier alpha value is -0.780. The number of ether oxygens (including phenoxy) is 1. The van der Waals surface area contributed by atoms with E-state index in [0.717, 1.165) is 0 Å². The minimum Gasteiger partial charge on any atom is -0.503 e. The van der Waals surface area contributed by atoms with Gasteiger partial charge in [-0.15, -0.1) is 0 Å². The molecule has 0 aliphatic heterocycles.